The van der Waals surface area contributed by atoms with E-state index in [0.29, 0.717) is 17.9 Å². The molecule has 0 amide bonds. The number of alkyl halides is 1. The highest BCUT2D eigenvalue weighted by atomic mass is 19.1. The third-order valence-corrected chi connectivity index (χ3v) is 2.37. The number of aryl methyl sites for hydroxylation is 1. The molecule has 1 rings (SSSR count). The van der Waals surface area contributed by atoms with Crippen molar-refractivity contribution in [3.63, 3.8) is 0 Å². The number of anilines is 1. The minimum atomic E-state index is -1.56. The van der Waals surface area contributed by atoms with Crippen molar-refractivity contribution in [1.82, 2.24) is 0 Å². The van der Waals surface area contributed by atoms with E-state index in [0.717, 1.165) is 5.56 Å². The lowest BCUT2D eigenvalue weighted by Gasteiger charge is -2.10. The lowest BCUT2D eigenvalue weighted by Crippen LogP contribution is -2.19. The summed E-state index contributed by atoms with van der Waals surface area (Å²) in [6, 6.07) is 5.04. The summed E-state index contributed by atoms with van der Waals surface area (Å²) in [5.41, 5.74) is 7.15. The molecule has 0 radical (unpaired) electrons. The van der Waals surface area contributed by atoms with Gasteiger partial charge in [0, 0.05) is 12.1 Å². The van der Waals surface area contributed by atoms with Crippen molar-refractivity contribution in [2.75, 3.05) is 12.3 Å². The molecule has 1 aromatic rings. The monoisotopic (exact) mass is 255 g/mol. The molecule has 4 nitrogen and oxygen atoms in total. The summed E-state index contributed by atoms with van der Waals surface area (Å²) >= 11 is 0. The Morgan fingerprint density at radius 1 is 1.50 bits per heavy atom. The molecule has 1 aromatic carbocycles. The lowest BCUT2D eigenvalue weighted by atomic mass is 10.2. The average molecular weight is 255 g/mol. The summed E-state index contributed by atoms with van der Waals surface area (Å²) < 4.78 is 22.7. The molecule has 0 aromatic heterocycles. The third-order valence-electron chi connectivity index (χ3n) is 2.37. The smallest absolute Gasteiger partial charge is 0.346 e. The van der Waals surface area contributed by atoms with Crippen LogP contribution in [0.2, 0.25) is 0 Å². The number of ether oxygens (including phenoxy) is 2. The maximum atomic E-state index is 13.0. The predicted octanol–water partition coefficient (Wildman–Crippen LogP) is 2.59. The number of carbonyl (C=O) groups excluding carboxylic acids is 1. The number of esters is 1. The van der Waals surface area contributed by atoms with Crippen molar-refractivity contribution in [3.8, 4) is 5.75 Å². The van der Waals surface area contributed by atoms with Gasteiger partial charge < -0.3 is 15.2 Å². The van der Waals surface area contributed by atoms with E-state index in [1.807, 2.05) is 13.8 Å². The van der Waals surface area contributed by atoms with E-state index in [9.17, 15) is 9.18 Å². The Hall–Kier alpha value is -1.78. The zero-order valence-corrected chi connectivity index (χ0v) is 10.6. The minimum Gasteiger partial charge on any atom is -0.482 e. The maximum Gasteiger partial charge on any atom is 0.346 e. The van der Waals surface area contributed by atoms with Gasteiger partial charge in [-0.2, -0.15) is 0 Å². The van der Waals surface area contributed by atoms with E-state index in [4.69, 9.17) is 10.5 Å². The summed E-state index contributed by atoms with van der Waals surface area (Å²) in [7, 11) is 0. The van der Waals surface area contributed by atoms with Crippen molar-refractivity contribution in [1.29, 1.82) is 0 Å². The standard InChI is InChI=1S/C13H18FNO3/c1-3-4-12(14)18-13(16)8-17-10-5-6-11(15)9(2)7-10/h5-7,12H,3-4,8,15H2,1-2H3. The van der Waals surface area contributed by atoms with Gasteiger partial charge in [-0.15, -0.1) is 0 Å². The highest BCUT2D eigenvalue weighted by Gasteiger charge is 2.12. The van der Waals surface area contributed by atoms with E-state index < -0.39 is 12.3 Å². The fraction of sp³-hybridized carbons (Fsp3) is 0.462. The molecule has 0 fully saturated rings. The number of halogens is 1. The molecular formula is C13H18FNO3. The molecule has 2 N–H and O–H groups in total. The van der Waals surface area contributed by atoms with Crippen LogP contribution in [-0.2, 0) is 9.53 Å². The van der Waals surface area contributed by atoms with Crippen LogP contribution in [0.25, 0.3) is 0 Å². The Morgan fingerprint density at radius 3 is 2.83 bits per heavy atom. The number of nitrogen functional groups attached to an aromatic ring is 1. The maximum absolute atomic E-state index is 13.0. The Labute approximate surface area is 106 Å². The Balaban J connectivity index is 2.40. The molecule has 0 saturated carbocycles. The molecular weight excluding hydrogens is 237 g/mol. The molecule has 0 bridgehead atoms. The zero-order valence-electron chi connectivity index (χ0n) is 10.6. The Morgan fingerprint density at radius 2 is 2.22 bits per heavy atom. The van der Waals surface area contributed by atoms with Gasteiger partial charge in [0.1, 0.15) is 5.75 Å². The molecule has 0 spiro atoms. The number of carbonyl (C=O) groups is 1. The van der Waals surface area contributed by atoms with Gasteiger partial charge in [-0.05, 0) is 37.1 Å². The normalized spacial score (nSPS) is 11.9. The molecule has 0 aliphatic heterocycles. The lowest BCUT2D eigenvalue weighted by molar-refractivity contribution is -0.160. The van der Waals surface area contributed by atoms with Crippen LogP contribution >= 0.6 is 0 Å². The zero-order chi connectivity index (χ0) is 13.5. The highest BCUT2D eigenvalue weighted by molar-refractivity contribution is 5.71. The number of nitrogens with two attached hydrogens (primary N) is 1. The minimum absolute atomic E-state index is 0.201. The van der Waals surface area contributed by atoms with Crippen LogP contribution in [0.5, 0.6) is 5.75 Å². The summed E-state index contributed by atoms with van der Waals surface area (Å²) in [6.45, 7) is 3.33. The van der Waals surface area contributed by atoms with Crippen LogP contribution in [0.1, 0.15) is 25.3 Å². The van der Waals surface area contributed by atoms with Gasteiger partial charge >= 0.3 is 5.97 Å². The predicted molar refractivity (Wildman–Crippen MR) is 67.0 cm³/mol. The second-order valence-electron chi connectivity index (χ2n) is 4.00. The molecule has 1 unspecified atom stereocenters. The molecule has 0 aliphatic carbocycles. The summed E-state index contributed by atoms with van der Waals surface area (Å²) in [5.74, 6) is -0.213. The van der Waals surface area contributed by atoms with Gasteiger partial charge in [-0.1, -0.05) is 6.92 Å². The van der Waals surface area contributed by atoms with E-state index >= 15 is 0 Å². The van der Waals surface area contributed by atoms with E-state index in [-0.39, 0.29) is 13.0 Å². The van der Waals surface area contributed by atoms with Gasteiger partial charge in [0.05, 0.1) is 0 Å². The first-order valence-electron chi connectivity index (χ1n) is 5.85. The number of rotatable bonds is 6. The second kappa shape index (κ2) is 6.83. The van der Waals surface area contributed by atoms with Gasteiger partial charge in [0.25, 0.3) is 0 Å². The van der Waals surface area contributed by atoms with E-state index in [2.05, 4.69) is 4.74 Å². The fourth-order valence-electron chi connectivity index (χ4n) is 1.34. The first kappa shape index (κ1) is 14.3. The van der Waals surface area contributed by atoms with Gasteiger partial charge in [-0.25, -0.2) is 9.18 Å². The van der Waals surface area contributed by atoms with Crippen LogP contribution < -0.4 is 10.5 Å². The second-order valence-corrected chi connectivity index (χ2v) is 4.00. The SMILES string of the molecule is CCCC(F)OC(=O)COc1ccc(N)c(C)c1. The number of hydrogen-bond donors (Lipinski definition) is 1. The van der Waals surface area contributed by atoms with Gasteiger partial charge in [0.15, 0.2) is 6.61 Å². The molecule has 100 valence electrons. The number of hydrogen-bond acceptors (Lipinski definition) is 4. The highest BCUT2D eigenvalue weighted by Crippen LogP contribution is 2.18. The summed E-state index contributed by atoms with van der Waals surface area (Å²) in [6.07, 6.45) is -0.738. The van der Waals surface area contributed by atoms with Crippen LogP contribution in [0, 0.1) is 6.92 Å². The van der Waals surface area contributed by atoms with Crippen molar-refractivity contribution < 1.29 is 18.7 Å². The topological polar surface area (TPSA) is 61.5 Å². The quantitative estimate of drug-likeness (QED) is 0.627. The van der Waals surface area contributed by atoms with Crippen molar-refractivity contribution in [2.24, 2.45) is 0 Å². The molecule has 0 saturated heterocycles. The van der Waals surface area contributed by atoms with Crippen LogP contribution in [-0.4, -0.2) is 18.9 Å². The van der Waals surface area contributed by atoms with Crippen molar-refractivity contribution in [2.45, 2.75) is 33.0 Å². The molecule has 5 heteroatoms. The van der Waals surface area contributed by atoms with E-state index in [1.54, 1.807) is 18.2 Å². The molecule has 18 heavy (non-hydrogen) atoms. The largest absolute Gasteiger partial charge is 0.482 e. The summed E-state index contributed by atoms with van der Waals surface area (Å²) in [4.78, 5) is 11.2. The van der Waals surface area contributed by atoms with Crippen LogP contribution in [0.4, 0.5) is 10.1 Å². The molecule has 0 aliphatic rings. The Bertz CT molecular complexity index is 409. The summed E-state index contributed by atoms with van der Waals surface area (Å²) in [5, 5.41) is 0. The first-order chi connectivity index (χ1) is 8.52. The average Bonchev–Trinajstić information content (AvgIpc) is 2.31. The van der Waals surface area contributed by atoms with Gasteiger partial charge in [0.2, 0.25) is 6.36 Å². The van der Waals surface area contributed by atoms with Crippen molar-refractivity contribution >= 4 is 11.7 Å². The Kier molecular flexibility index (Phi) is 5.42. The number of benzene rings is 1. The van der Waals surface area contributed by atoms with E-state index in [1.165, 1.54) is 0 Å². The first-order valence-corrected chi connectivity index (χ1v) is 5.85. The fourth-order valence-corrected chi connectivity index (χ4v) is 1.34. The van der Waals surface area contributed by atoms with Crippen LogP contribution in [0.15, 0.2) is 18.2 Å². The molecule has 1 atom stereocenters. The van der Waals surface area contributed by atoms with Gasteiger partial charge in [-0.3, -0.25) is 0 Å². The molecule has 0 heterocycles. The van der Waals surface area contributed by atoms with Crippen LogP contribution in [0.3, 0.4) is 0 Å². The van der Waals surface area contributed by atoms with Crippen molar-refractivity contribution in [3.05, 3.63) is 23.8 Å². The third kappa shape index (κ3) is 4.61.